The van der Waals surface area contributed by atoms with E-state index in [1.165, 1.54) is 25.3 Å². The number of hydrogen-bond acceptors (Lipinski definition) is 4. The molecule has 2 atom stereocenters. The topological polar surface area (TPSA) is 81.7 Å². The maximum Gasteiger partial charge on any atom is 0.326 e. The van der Waals surface area contributed by atoms with Crippen LogP contribution in [0.1, 0.15) is 25.7 Å². The maximum atomic E-state index is 11.8. The van der Waals surface area contributed by atoms with Gasteiger partial charge in [-0.25, -0.2) is 0 Å². The minimum absolute atomic E-state index is 0.0435. The molecule has 5 rings (SSSR count). The van der Waals surface area contributed by atoms with Gasteiger partial charge in [0.25, 0.3) is 0 Å². The summed E-state index contributed by atoms with van der Waals surface area (Å²) in [6, 6.07) is 8.66. The number of nitrogens with zero attached hydrogens (tertiary/aromatic N) is 4. The Morgan fingerprint density at radius 2 is 2.06 bits per heavy atom. The fourth-order valence-corrected chi connectivity index (χ4v) is 5.62. The molecule has 2 aliphatic rings. The Morgan fingerprint density at radius 3 is 2.88 bits per heavy atom. The Kier molecular flexibility index (Phi) is 6.94. The number of rotatable bonds is 6. The highest BCUT2D eigenvalue weighted by Gasteiger charge is 2.29. The highest BCUT2D eigenvalue weighted by atomic mass is 35.5. The van der Waals surface area contributed by atoms with Crippen LogP contribution in [0.2, 0.25) is 5.02 Å². The summed E-state index contributed by atoms with van der Waals surface area (Å²) in [5, 5.41) is 3.92. The number of nitrogens with one attached hydrogen (secondary N) is 1. The van der Waals surface area contributed by atoms with Crippen LogP contribution in [0, 0.1) is 5.92 Å². The lowest BCUT2D eigenvalue weighted by Crippen LogP contribution is -2.86. The molecule has 1 aromatic carbocycles. The molecular formula is C26H32ClN6O+. The summed E-state index contributed by atoms with van der Waals surface area (Å²) in [5.41, 5.74) is 2.86. The zero-order valence-corrected chi connectivity index (χ0v) is 20.2. The van der Waals surface area contributed by atoms with E-state index in [2.05, 4.69) is 38.9 Å². The van der Waals surface area contributed by atoms with Crippen molar-refractivity contribution >= 4 is 34.4 Å². The van der Waals surface area contributed by atoms with Crippen molar-refractivity contribution in [1.82, 2.24) is 24.8 Å². The number of para-hydroxylation sites is 1. The number of H-pyrrole nitrogens is 1. The lowest BCUT2D eigenvalue weighted by Gasteiger charge is -2.37. The molecule has 3 N–H and O–H groups in total. The van der Waals surface area contributed by atoms with Crippen molar-refractivity contribution in [1.29, 1.82) is 0 Å². The first-order valence-electron chi connectivity index (χ1n) is 12.2. The van der Waals surface area contributed by atoms with Gasteiger partial charge < -0.3 is 9.88 Å². The summed E-state index contributed by atoms with van der Waals surface area (Å²) in [6.45, 7) is 8.18. The molecule has 1 aliphatic carbocycles. The van der Waals surface area contributed by atoms with Crippen LogP contribution in [-0.4, -0.2) is 69.4 Å². The Hall–Kier alpha value is -2.74. The number of quaternary nitrogens is 1. The van der Waals surface area contributed by atoms with E-state index in [4.69, 9.17) is 16.6 Å². The fraction of sp³-hybridized carbons (Fsp3) is 0.423. The Balaban J connectivity index is 1.22. The number of halogens is 1. The third-order valence-electron chi connectivity index (χ3n) is 7.19. The van der Waals surface area contributed by atoms with Crippen molar-refractivity contribution < 1.29 is 10.1 Å². The number of benzene rings is 1. The van der Waals surface area contributed by atoms with E-state index in [1.54, 1.807) is 6.20 Å². The molecule has 1 saturated carbocycles. The van der Waals surface area contributed by atoms with Crippen LogP contribution in [0.4, 0.5) is 5.95 Å². The molecule has 0 radical (unpaired) electrons. The van der Waals surface area contributed by atoms with E-state index < -0.39 is 0 Å². The van der Waals surface area contributed by atoms with Gasteiger partial charge in [-0.2, -0.15) is 9.97 Å². The zero-order chi connectivity index (χ0) is 23.5. The number of amides is 1. The van der Waals surface area contributed by atoms with E-state index >= 15 is 0 Å². The number of nitrogens with two attached hydrogens (primary N) is 1. The van der Waals surface area contributed by atoms with Crippen LogP contribution in [0.25, 0.3) is 22.2 Å². The second-order valence-electron chi connectivity index (χ2n) is 9.46. The van der Waals surface area contributed by atoms with Gasteiger partial charge in [-0.1, -0.05) is 36.4 Å². The third kappa shape index (κ3) is 5.02. The van der Waals surface area contributed by atoms with Crippen molar-refractivity contribution in [3.8, 4) is 11.3 Å². The van der Waals surface area contributed by atoms with Crippen LogP contribution in [-0.2, 0) is 4.79 Å². The molecule has 34 heavy (non-hydrogen) atoms. The molecule has 1 aliphatic heterocycles. The van der Waals surface area contributed by atoms with E-state index in [1.807, 2.05) is 23.2 Å². The quantitative estimate of drug-likeness (QED) is 0.531. The lowest BCUT2D eigenvalue weighted by molar-refractivity contribution is -0.622. The van der Waals surface area contributed by atoms with E-state index in [0.717, 1.165) is 67.3 Å². The van der Waals surface area contributed by atoms with Gasteiger partial charge in [0, 0.05) is 61.8 Å². The molecule has 1 saturated heterocycles. The number of piperazine rings is 1. The normalized spacial score (nSPS) is 21.6. The monoisotopic (exact) mass is 479 g/mol. The number of aromatic amines is 1. The van der Waals surface area contributed by atoms with Gasteiger partial charge in [0.15, 0.2) is 0 Å². The summed E-state index contributed by atoms with van der Waals surface area (Å²) < 4.78 is 0. The minimum atomic E-state index is 0.0435. The van der Waals surface area contributed by atoms with E-state index in [9.17, 15) is 4.79 Å². The molecule has 2 aromatic heterocycles. The number of aromatic nitrogens is 3. The van der Waals surface area contributed by atoms with Crippen LogP contribution < -0.4 is 5.32 Å². The Morgan fingerprint density at radius 1 is 1.24 bits per heavy atom. The molecular weight excluding hydrogens is 448 g/mol. The zero-order valence-electron chi connectivity index (χ0n) is 19.4. The predicted molar refractivity (Wildman–Crippen MR) is 135 cm³/mol. The van der Waals surface area contributed by atoms with Crippen LogP contribution >= 0.6 is 11.6 Å². The molecule has 2 fully saturated rings. The first-order chi connectivity index (χ1) is 16.6. The number of fused-ring (bicyclic) bond motifs is 1. The second kappa shape index (κ2) is 10.3. The summed E-state index contributed by atoms with van der Waals surface area (Å²) in [6.07, 6.45) is 9.93. The molecule has 1 amide bonds. The molecule has 0 spiro atoms. The van der Waals surface area contributed by atoms with Crippen LogP contribution in [0.15, 0.2) is 49.3 Å². The number of carbonyl (C=O) groups excluding carboxylic acids is 1. The number of hydrogen-bond donors (Lipinski definition) is 2. The van der Waals surface area contributed by atoms with Gasteiger partial charge in [0.2, 0.25) is 5.91 Å². The number of carbonyl (C=O) groups is 1. The molecule has 1 unspecified atom stereocenters. The molecule has 3 aromatic rings. The van der Waals surface area contributed by atoms with Gasteiger partial charge in [0.05, 0.1) is 17.3 Å². The van der Waals surface area contributed by atoms with Gasteiger partial charge in [-0.05, 0) is 37.3 Å². The first kappa shape index (κ1) is 23.0. The van der Waals surface area contributed by atoms with Crippen LogP contribution in [0.3, 0.4) is 0 Å². The minimum Gasteiger partial charge on any atom is -0.360 e. The highest BCUT2D eigenvalue weighted by molar-refractivity contribution is 6.33. The van der Waals surface area contributed by atoms with E-state index in [0.29, 0.717) is 17.0 Å². The van der Waals surface area contributed by atoms with Crippen molar-refractivity contribution in [2.75, 3.05) is 32.7 Å². The second-order valence-corrected chi connectivity index (χ2v) is 9.87. The lowest BCUT2D eigenvalue weighted by atomic mass is 9.85. The summed E-state index contributed by atoms with van der Waals surface area (Å²) in [7, 11) is 0. The predicted octanol–water partition coefficient (Wildman–Crippen LogP) is 3.36. The van der Waals surface area contributed by atoms with Crippen molar-refractivity contribution in [3.05, 3.63) is 54.3 Å². The first-order valence-corrected chi connectivity index (χ1v) is 12.6. The van der Waals surface area contributed by atoms with Crippen molar-refractivity contribution in [2.45, 2.75) is 31.7 Å². The third-order valence-corrected chi connectivity index (χ3v) is 7.47. The Labute approximate surface area is 205 Å². The summed E-state index contributed by atoms with van der Waals surface area (Å²) in [5.74, 6) is 1.46. The molecule has 0 bridgehead atoms. The molecule has 8 heteroatoms. The van der Waals surface area contributed by atoms with Gasteiger partial charge >= 0.3 is 5.95 Å². The van der Waals surface area contributed by atoms with Gasteiger partial charge in [0.1, 0.15) is 5.69 Å². The Bertz CT molecular complexity index is 1170. The maximum absolute atomic E-state index is 11.8. The van der Waals surface area contributed by atoms with Crippen LogP contribution in [0.5, 0.6) is 0 Å². The van der Waals surface area contributed by atoms with E-state index in [-0.39, 0.29) is 5.91 Å². The standard InChI is InChI=1S/C26H31ClN6O/c1-2-24(34)33-12-10-32(11-13-33)17-18-6-5-7-19(14-18)30-26-29-16-22(27)25(31-26)21-15-28-23-9-4-3-8-20(21)23/h2-4,8-9,15-16,18-19,28H,1,5-7,10-14,17H2,(H,29,30,31)/p+1/t18-,19?/m0/s1. The van der Waals surface area contributed by atoms with Crippen molar-refractivity contribution in [3.63, 3.8) is 0 Å². The summed E-state index contributed by atoms with van der Waals surface area (Å²) in [4.78, 5) is 28.9. The highest BCUT2D eigenvalue weighted by Crippen LogP contribution is 2.32. The molecule has 178 valence electrons. The molecule has 7 nitrogen and oxygen atoms in total. The van der Waals surface area contributed by atoms with Crippen molar-refractivity contribution in [2.24, 2.45) is 5.92 Å². The average molecular weight is 480 g/mol. The van der Waals surface area contributed by atoms with Gasteiger partial charge in [-0.15, -0.1) is 0 Å². The average Bonchev–Trinajstić information content (AvgIpc) is 3.29. The SMILES string of the molecule is C=CC(=O)N1CCN(C[C@H]2CCCC([NH2+]c3ncc(Cl)c(-c4c[nH]c5ccccc45)n3)C2)CC1. The fourth-order valence-electron chi connectivity index (χ4n) is 5.42. The largest absolute Gasteiger partial charge is 0.360 e. The summed E-state index contributed by atoms with van der Waals surface area (Å²) >= 11 is 6.51. The van der Waals surface area contributed by atoms with Gasteiger partial charge in [-0.3, -0.25) is 15.0 Å². The molecule has 3 heterocycles. The smallest absolute Gasteiger partial charge is 0.326 e.